The standard InChI is InChI=1S/C39H47N5O5/c1-25-11-8-9-20-47-39(6)16-18-43(19-17-39)36-34(35(37(45)46-7)49-38(3,4)5)26(2)41-33-23-31(42-44(33)36)29-13-10-12-28(22-29)30-15-14-27(24-40)21-32(30)48-25/h10,12-15,21-23,25,35H,8-9,11,16-20H2,1-7H3. The summed E-state index contributed by atoms with van der Waals surface area (Å²) < 4.78 is 26.6. The third-order valence-corrected chi connectivity index (χ3v) is 9.44. The number of piperidine rings is 1. The highest BCUT2D eigenvalue weighted by Crippen LogP contribution is 2.40. The number of aryl methyl sites for hydroxylation is 1. The van der Waals surface area contributed by atoms with Crippen molar-refractivity contribution < 1.29 is 23.7 Å². The summed E-state index contributed by atoms with van der Waals surface area (Å²) in [5.74, 6) is 0.971. The van der Waals surface area contributed by atoms with E-state index in [0.717, 1.165) is 60.3 Å². The summed E-state index contributed by atoms with van der Waals surface area (Å²) >= 11 is 0. The Bertz CT molecular complexity index is 1880. The number of aromatic nitrogens is 3. The van der Waals surface area contributed by atoms with Crippen molar-refractivity contribution >= 4 is 17.4 Å². The Morgan fingerprint density at radius 2 is 1.86 bits per heavy atom. The summed E-state index contributed by atoms with van der Waals surface area (Å²) in [6.07, 6.45) is 3.36. The van der Waals surface area contributed by atoms with E-state index in [-0.39, 0.29) is 11.7 Å². The Balaban J connectivity index is 1.54. The molecule has 0 N–H and O–H groups in total. The summed E-state index contributed by atoms with van der Waals surface area (Å²) in [6.45, 7) is 14.1. The molecule has 2 atom stereocenters. The van der Waals surface area contributed by atoms with Crippen LogP contribution in [0.25, 0.3) is 28.0 Å². The number of hydrogen-bond donors (Lipinski definition) is 0. The van der Waals surface area contributed by atoms with E-state index in [2.05, 4.69) is 30.9 Å². The highest BCUT2D eigenvalue weighted by molar-refractivity contribution is 5.81. The number of carbonyl (C=O) groups is 1. The predicted octanol–water partition coefficient (Wildman–Crippen LogP) is 7.60. The molecule has 5 heterocycles. The van der Waals surface area contributed by atoms with Crippen LogP contribution in [0, 0.1) is 18.3 Å². The molecule has 49 heavy (non-hydrogen) atoms. The number of nitrogens with zero attached hydrogens (tertiary/aromatic N) is 5. The van der Waals surface area contributed by atoms with Crippen LogP contribution in [-0.2, 0) is 19.0 Å². The first-order chi connectivity index (χ1) is 23.4. The predicted molar refractivity (Wildman–Crippen MR) is 189 cm³/mol. The summed E-state index contributed by atoms with van der Waals surface area (Å²) in [5, 5.41) is 14.8. The SMILES string of the molecule is COC(=O)C(OC(C)(C)C)c1c(C)nc2cc3nn2c1N1CCC(C)(CC1)OCCCCC(C)Oc1cc(C#N)ccc1-c1cccc-3c1. The van der Waals surface area contributed by atoms with Crippen LogP contribution < -0.4 is 9.64 Å². The van der Waals surface area contributed by atoms with Gasteiger partial charge in [-0.2, -0.15) is 14.9 Å². The van der Waals surface area contributed by atoms with Crippen LogP contribution in [0.15, 0.2) is 48.5 Å². The minimum absolute atomic E-state index is 0.0308. The first-order valence-corrected chi connectivity index (χ1v) is 17.2. The first-order valence-electron chi connectivity index (χ1n) is 17.2. The largest absolute Gasteiger partial charge is 0.490 e. The van der Waals surface area contributed by atoms with Crippen LogP contribution in [0.1, 0.15) is 89.6 Å². The zero-order valence-electron chi connectivity index (χ0n) is 29.7. The lowest BCUT2D eigenvalue weighted by atomic mass is 9.92. The molecule has 3 aliphatic rings. The summed E-state index contributed by atoms with van der Waals surface area (Å²) in [6, 6.07) is 18.0. The number of carbonyl (C=O) groups excluding carboxylic acids is 1. The molecule has 0 amide bonds. The van der Waals surface area contributed by atoms with Gasteiger partial charge in [-0.3, -0.25) is 0 Å². The fraction of sp³-hybridized carbons (Fsp3) is 0.487. The van der Waals surface area contributed by atoms with E-state index in [1.54, 1.807) is 0 Å². The van der Waals surface area contributed by atoms with E-state index >= 15 is 0 Å². The second-order valence-electron chi connectivity index (χ2n) is 14.5. The number of benzene rings is 2. The van der Waals surface area contributed by atoms with Gasteiger partial charge in [0.15, 0.2) is 11.8 Å². The summed E-state index contributed by atoms with van der Waals surface area (Å²) in [4.78, 5) is 20.7. The van der Waals surface area contributed by atoms with Gasteiger partial charge in [0.2, 0.25) is 0 Å². The van der Waals surface area contributed by atoms with Crippen molar-refractivity contribution in [3.8, 4) is 34.2 Å². The van der Waals surface area contributed by atoms with Crippen molar-refractivity contribution in [3.63, 3.8) is 0 Å². The molecule has 0 saturated carbocycles. The van der Waals surface area contributed by atoms with E-state index in [9.17, 15) is 10.1 Å². The molecule has 7 rings (SSSR count). The molecular weight excluding hydrogens is 618 g/mol. The molecule has 3 aliphatic heterocycles. The molecule has 2 unspecified atom stereocenters. The quantitative estimate of drug-likeness (QED) is 0.204. The topological polar surface area (TPSA) is 111 Å². The maximum atomic E-state index is 13.4. The van der Waals surface area contributed by atoms with Gasteiger partial charge >= 0.3 is 5.97 Å². The molecule has 4 aromatic rings. The molecule has 0 aliphatic carbocycles. The molecule has 1 saturated heterocycles. The van der Waals surface area contributed by atoms with Gasteiger partial charge in [-0.15, -0.1) is 0 Å². The third-order valence-electron chi connectivity index (χ3n) is 9.44. The number of esters is 1. The van der Waals surface area contributed by atoms with Crippen LogP contribution in [0.3, 0.4) is 0 Å². The van der Waals surface area contributed by atoms with Crippen molar-refractivity contribution in [2.45, 2.75) is 97.1 Å². The Morgan fingerprint density at radius 1 is 1.10 bits per heavy atom. The smallest absolute Gasteiger partial charge is 0.339 e. The fourth-order valence-electron chi connectivity index (χ4n) is 6.79. The number of ether oxygens (including phenoxy) is 4. The highest BCUT2D eigenvalue weighted by Gasteiger charge is 2.38. The van der Waals surface area contributed by atoms with E-state index in [0.29, 0.717) is 47.9 Å². The molecule has 0 radical (unpaired) electrons. The number of fused-ring (bicyclic) bond motifs is 8. The average molecular weight is 666 g/mol. The van der Waals surface area contributed by atoms with Crippen molar-refractivity contribution in [1.29, 1.82) is 5.26 Å². The number of rotatable bonds is 3. The normalized spacial score (nSPS) is 20.7. The molecular formula is C39H47N5O5. The van der Waals surface area contributed by atoms with Gasteiger partial charge in [-0.1, -0.05) is 18.2 Å². The van der Waals surface area contributed by atoms with Gasteiger partial charge in [0.1, 0.15) is 11.6 Å². The number of anilines is 1. The number of nitriles is 1. The number of methoxy groups -OCH3 is 1. The van der Waals surface area contributed by atoms with Gasteiger partial charge in [-0.25, -0.2) is 9.78 Å². The van der Waals surface area contributed by atoms with Gasteiger partial charge < -0.3 is 23.8 Å². The van der Waals surface area contributed by atoms with Crippen molar-refractivity contribution in [2.24, 2.45) is 0 Å². The van der Waals surface area contributed by atoms with Crippen LogP contribution >= 0.6 is 0 Å². The second-order valence-corrected chi connectivity index (χ2v) is 14.5. The molecule has 2 aromatic carbocycles. The zero-order valence-corrected chi connectivity index (χ0v) is 29.7. The average Bonchev–Trinajstić information content (AvgIpc) is 3.49. The Morgan fingerprint density at radius 3 is 2.57 bits per heavy atom. The minimum Gasteiger partial charge on any atom is -0.490 e. The van der Waals surface area contributed by atoms with Gasteiger partial charge in [0.05, 0.1) is 47.3 Å². The molecule has 258 valence electrons. The van der Waals surface area contributed by atoms with Crippen molar-refractivity contribution in [3.05, 3.63) is 65.4 Å². The van der Waals surface area contributed by atoms with Crippen molar-refractivity contribution in [2.75, 3.05) is 31.7 Å². The maximum Gasteiger partial charge on any atom is 0.339 e. The summed E-state index contributed by atoms with van der Waals surface area (Å²) in [7, 11) is 1.38. The minimum atomic E-state index is -1.000. The fourth-order valence-corrected chi connectivity index (χ4v) is 6.79. The molecule has 10 nitrogen and oxygen atoms in total. The highest BCUT2D eigenvalue weighted by atomic mass is 16.6. The second kappa shape index (κ2) is 13.8. The van der Waals surface area contributed by atoms with Crippen LogP contribution in [0.5, 0.6) is 5.75 Å². The Hall–Kier alpha value is -4.46. The monoisotopic (exact) mass is 665 g/mol. The first kappa shape index (κ1) is 34.4. The Kier molecular flexibility index (Phi) is 9.70. The van der Waals surface area contributed by atoms with E-state index in [1.165, 1.54) is 7.11 Å². The maximum absolute atomic E-state index is 13.4. The molecule has 1 fully saturated rings. The van der Waals surface area contributed by atoms with E-state index < -0.39 is 17.7 Å². The summed E-state index contributed by atoms with van der Waals surface area (Å²) in [5.41, 5.74) is 5.15. The van der Waals surface area contributed by atoms with Crippen molar-refractivity contribution in [1.82, 2.24) is 14.6 Å². The lowest BCUT2D eigenvalue weighted by molar-refractivity contribution is -0.164. The third kappa shape index (κ3) is 7.43. The molecule has 2 aromatic heterocycles. The van der Waals surface area contributed by atoms with Gasteiger partial charge in [-0.05, 0) is 103 Å². The molecule has 0 spiro atoms. The molecule has 10 heteroatoms. The lowest BCUT2D eigenvalue weighted by Crippen LogP contribution is -2.46. The van der Waals surface area contributed by atoms with E-state index in [1.807, 2.05) is 74.7 Å². The zero-order chi connectivity index (χ0) is 34.9. The van der Waals surface area contributed by atoms with Gasteiger partial charge in [0.25, 0.3) is 0 Å². The molecule has 6 bridgehead atoms. The lowest BCUT2D eigenvalue weighted by Gasteiger charge is -2.41. The van der Waals surface area contributed by atoms with Gasteiger partial charge in [0, 0.05) is 42.6 Å². The number of hydrogen-bond acceptors (Lipinski definition) is 9. The van der Waals surface area contributed by atoms with E-state index in [4.69, 9.17) is 29.0 Å². The van der Waals surface area contributed by atoms with Crippen LogP contribution in [0.4, 0.5) is 5.82 Å². The Labute approximate surface area is 288 Å². The van der Waals surface area contributed by atoms with Crippen LogP contribution in [0.2, 0.25) is 0 Å². The van der Waals surface area contributed by atoms with Crippen LogP contribution in [-0.4, -0.2) is 64.7 Å².